The van der Waals surface area contributed by atoms with E-state index in [9.17, 15) is 28.8 Å². The van der Waals surface area contributed by atoms with Crippen LogP contribution in [-0.4, -0.2) is 71.1 Å². The molecule has 16 nitrogen and oxygen atoms in total. The fourth-order valence-corrected chi connectivity index (χ4v) is 7.03. The maximum atomic E-state index is 13.6. The first-order valence-electron chi connectivity index (χ1n) is 24.1. The van der Waals surface area contributed by atoms with E-state index in [2.05, 4.69) is 16.0 Å². The lowest BCUT2D eigenvalue weighted by molar-refractivity contribution is -0.698. The number of halogens is 1. The Labute approximate surface area is 441 Å². The van der Waals surface area contributed by atoms with Crippen molar-refractivity contribution in [3.63, 3.8) is 0 Å². The van der Waals surface area contributed by atoms with Gasteiger partial charge in [0.2, 0.25) is 0 Å². The van der Waals surface area contributed by atoms with Gasteiger partial charge in [0.25, 0.3) is 0 Å². The van der Waals surface area contributed by atoms with Gasteiger partial charge in [-0.25, -0.2) is 33.3 Å². The molecule has 0 aliphatic heterocycles. The molecule has 392 valence electrons. The Kier molecular flexibility index (Phi) is 24.5. The van der Waals surface area contributed by atoms with E-state index in [-0.39, 0.29) is 63.1 Å². The Bertz CT molecular complexity index is 2220. The molecule has 17 heteroatoms. The molecule has 0 saturated carbocycles. The van der Waals surface area contributed by atoms with Gasteiger partial charge >= 0.3 is 36.2 Å². The monoisotopic (exact) mass is 1110 g/mol. The summed E-state index contributed by atoms with van der Waals surface area (Å²) in [5, 5.41) is 8.10. The molecule has 0 radical (unpaired) electrons. The molecule has 72 heavy (non-hydrogen) atoms. The van der Waals surface area contributed by atoms with Crippen LogP contribution in [0, 0.1) is 0 Å². The normalized spacial score (nSPS) is 12.6. The van der Waals surface area contributed by atoms with Crippen LogP contribution in [0.4, 0.5) is 14.4 Å². The van der Waals surface area contributed by atoms with Gasteiger partial charge in [-0.2, -0.15) is 0 Å². The molecule has 3 aromatic carbocycles. The first kappa shape index (κ1) is 60.1. The maximum Gasteiger partial charge on any atom is 0.408 e. The second-order valence-corrected chi connectivity index (χ2v) is 20.2. The summed E-state index contributed by atoms with van der Waals surface area (Å²) >= 11 is 0. The number of esters is 3. The molecule has 1 aromatic heterocycles. The third-order valence-electron chi connectivity index (χ3n) is 10.2. The highest BCUT2D eigenvalue weighted by atomic mass is 127. The summed E-state index contributed by atoms with van der Waals surface area (Å²) in [4.78, 5) is 79.5. The summed E-state index contributed by atoms with van der Waals surface area (Å²) < 4.78 is 35.4. The molecular weight excluding hydrogens is 1040 g/mol. The summed E-state index contributed by atoms with van der Waals surface area (Å²) in [6.07, 6.45) is 3.81. The lowest BCUT2D eigenvalue weighted by Gasteiger charge is -2.23. The van der Waals surface area contributed by atoms with Crippen molar-refractivity contribution in [2.45, 2.75) is 169 Å². The van der Waals surface area contributed by atoms with Crippen molar-refractivity contribution in [3.8, 4) is 0 Å². The van der Waals surface area contributed by atoms with E-state index in [4.69, 9.17) is 28.4 Å². The van der Waals surface area contributed by atoms with Crippen LogP contribution in [0.1, 0.15) is 122 Å². The fourth-order valence-electron chi connectivity index (χ4n) is 7.03. The summed E-state index contributed by atoms with van der Waals surface area (Å²) in [5.41, 5.74) is 1.54. The Morgan fingerprint density at radius 3 is 1.06 bits per heavy atom. The second-order valence-electron chi connectivity index (χ2n) is 20.2. The minimum atomic E-state index is -1.07. The number of rotatable bonds is 23. The van der Waals surface area contributed by atoms with Gasteiger partial charge in [0.15, 0.2) is 12.4 Å². The van der Waals surface area contributed by atoms with Crippen LogP contribution < -0.4 is 44.5 Å². The van der Waals surface area contributed by atoms with Crippen molar-refractivity contribution >= 4 is 36.2 Å². The highest BCUT2D eigenvalue weighted by molar-refractivity contribution is 5.83. The van der Waals surface area contributed by atoms with Crippen molar-refractivity contribution in [2.24, 2.45) is 0 Å². The number of aromatic nitrogens is 1. The van der Waals surface area contributed by atoms with E-state index in [1.54, 1.807) is 62.3 Å². The van der Waals surface area contributed by atoms with Crippen LogP contribution in [-0.2, 0) is 82.0 Å². The van der Waals surface area contributed by atoms with Gasteiger partial charge in [0.05, 0.1) is 0 Å². The van der Waals surface area contributed by atoms with Crippen molar-refractivity contribution in [3.05, 3.63) is 137 Å². The fraction of sp³-hybridized carbons (Fsp3) is 0.473. The quantitative estimate of drug-likeness (QED) is 0.0261. The van der Waals surface area contributed by atoms with E-state index in [1.165, 1.54) is 0 Å². The molecule has 0 aliphatic carbocycles. The highest BCUT2D eigenvalue weighted by Crippen LogP contribution is 2.17. The van der Waals surface area contributed by atoms with Gasteiger partial charge in [0, 0.05) is 17.5 Å². The number of hydrogen-bond donors (Lipinski definition) is 3. The minimum absolute atomic E-state index is 0. The molecular formula is C55H73IN4O12. The van der Waals surface area contributed by atoms with Crippen molar-refractivity contribution in [1.82, 2.24) is 16.0 Å². The summed E-state index contributed by atoms with van der Waals surface area (Å²) in [7, 11) is 0. The number of amides is 3. The number of aryl methyl sites for hydroxylation is 3. The Morgan fingerprint density at radius 1 is 0.444 bits per heavy atom. The van der Waals surface area contributed by atoms with Gasteiger partial charge in [-0.3, -0.25) is 0 Å². The second kappa shape index (κ2) is 29.3. The Hall–Kier alpha value is -6.24. The maximum absolute atomic E-state index is 13.6. The molecule has 4 aromatic rings. The Balaban J connectivity index is 0.0000137. The smallest absolute Gasteiger partial charge is 0.408 e. The number of nitrogens with one attached hydrogen (secondary N) is 3. The van der Waals surface area contributed by atoms with Crippen molar-refractivity contribution < 1.29 is 85.7 Å². The van der Waals surface area contributed by atoms with Crippen LogP contribution in [0.15, 0.2) is 109 Å². The summed E-state index contributed by atoms with van der Waals surface area (Å²) in [6.45, 7) is 16.1. The van der Waals surface area contributed by atoms with E-state index in [0.717, 1.165) is 27.8 Å². The number of carbonyl (C=O) groups is 6. The zero-order valence-electron chi connectivity index (χ0n) is 43.1. The molecule has 0 unspecified atom stereocenters. The van der Waals surface area contributed by atoms with Crippen molar-refractivity contribution in [2.75, 3.05) is 0 Å². The molecule has 3 amide bonds. The minimum Gasteiger partial charge on any atom is -1.00 e. The number of benzene rings is 3. The number of alkyl carbamates (subject to hydrolysis) is 3. The van der Waals surface area contributed by atoms with Gasteiger partial charge in [-0.15, -0.1) is 0 Å². The largest absolute Gasteiger partial charge is 1.00 e. The number of hydrogen-bond acceptors (Lipinski definition) is 12. The number of pyridine rings is 1. The van der Waals surface area contributed by atoms with Gasteiger partial charge in [0.1, 0.15) is 61.3 Å². The highest BCUT2D eigenvalue weighted by Gasteiger charge is 2.29. The number of ether oxygens (including phenoxy) is 6. The SMILES string of the molecule is CC(C)(C)OC(=O)N[C@@H](CCCC[n+]1cc(CC[C@H](NC(=O)OC(C)(C)C)C(=O)OCc2ccccc2)cc(CC[C@H](NC(=O)OC(C)(C)C)C(=O)OCc2ccccc2)c1)C(=O)OCc1ccccc1.[I-]. The molecule has 0 spiro atoms. The van der Waals surface area contributed by atoms with Crippen LogP contribution in [0.2, 0.25) is 0 Å². The molecule has 1 heterocycles. The molecule has 0 bridgehead atoms. The topological polar surface area (TPSA) is 198 Å². The van der Waals surface area contributed by atoms with Gasteiger partial charge in [-0.05, 0) is 124 Å². The predicted molar refractivity (Wildman–Crippen MR) is 265 cm³/mol. The Morgan fingerprint density at radius 2 is 0.750 bits per heavy atom. The van der Waals surface area contributed by atoms with Crippen LogP contribution in [0.25, 0.3) is 0 Å². The zero-order chi connectivity index (χ0) is 52.0. The van der Waals surface area contributed by atoms with Crippen LogP contribution in [0.5, 0.6) is 0 Å². The average molecular weight is 1110 g/mol. The van der Waals surface area contributed by atoms with E-state index in [1.807, 2.05) is 114 Å². The first-order chi connectivity index (χ1) is 33.5. The van der Waals surface area contributed by atoms with Crippen molar-refractivity contribution in [1.29, 1.82) is 0 Å². The molecule has 4 rings (SSSR count). The van der Waals surface area contributed by atoms with Crippen LogP contribution >= 0.6 is 0 Å². The molecule has 0 aliphatic rings. The van der Waals surface area contributed by atoms with Gasteiger partial charge < -0.3 is 68.3 Å². The number of nitrogens with zero attached hydrogens (tertiary/aromatic N) is 1. The predicted octanol–water partition coefficient (Wildman–Crippen LogP) is 5.92. The zero-order valence-corrected chi connectivity index (χ0v) is 45.3. The van der Waals surface area contributed by atoms with E-state index >= 15 is 0 Å². The summed E-state index contributed by atoms with van der Waals surface area (Å²) in [5.74, 6) is -1.86. The first-order valence-corrected chi connectivity index (χ1v) is 24.1. The molecule has 3 atom stereocenters. The van der Waals surface area contributed by atoms with E-state index in [0.29, 0.717) is 32.2 Å². The lowest BCUT2D eigenvalue weighted by atomic mass is 10.0. The molecule has 0 fully saturated rings. The summed E-state index contributed by atoms with van der Waals surface area (Å²) in [6, 6.07) is 26.5. The van der Waals surface area contributed by atoms with Crippen LogP contribution in [0.3, 0.4) is 0 Å². The molecule has 3 N–H and O–H groups in total. The number of carbonyl (C=O) groups excluding carboxylic acids is 6. The molecule has 0 saturated heterocycles. The van der Waals surface area contributed by atoms with Gasteiger partial charge in [-0.1, -0.05) is 91.0 Å². The third kappa shape index (κ3) is 24.7. The van der Waals surface area contributed by atoms with E-state index < -0.39 is 71.1 Å². The number of unbranched alkanes of at least 4 members (excludes halogenated alkanes) is 1. The third-order valence-corrected chi connectivity index (χ3v) is 10.2. The standard InChI is InChI=1S/C55H72N4O12.HI/c1-53(2,3)69-50(63)56-44(47(60)66-36-39-21-13-10-14-22-39)27-19-20-32-59-34-42(28-30-45(57-51(64)70-54(4,5)6)48(61)67-37-40-23-15-11-16-24-40)33-43(35-59)29-31-46(58-52(65)71-55(7,8)9)49(62)68-38-41-25-17-12-18-26-41;/h10-18,21-26,33-35,44-46H,19-20,27-32,36-38H2,1-9H3,(H2-,56,57,58,63,64,65);1H/t44-,45-,46-;/m0./s1. The lowest BCUT2D eigenvalue weighted by Crippen LogP contribution is -3.00. The average Bonchev–Trinajstić information content (AvgIpc) is 3.29.